The predicted molar refractivity (Wildman–Crippen MR) is 102 cm³/mol. The van der Waals surface area contributed by atoms with Crippen molar-refractivity contribution in [3.05, 3.63) is 59.4 Å². The fourth-order valence-electron chi connectivity index (χ4n) is 2.56. The molecule has 5 nitrogen and oxygen atoms in total. The van der Waals surface area contributed by atoms with Crippen LogP contribution in [0, 0.1) is 5.82 Å². The number of carbonyl (C=O) groups is 2. The van der Waals surface area contributed by atoms with Crippen LogP contribution in [0.15, 0.2) is 42.5 Å². The maximum Gasteiger partial charge on any atom is 0.255 e. The first-order valence-electron chi connectivity index (χ1n) is 8.62. The second-order valence-electron chi connectivity index (χ2n) is 5.99. The van der Waals surface area contributed by atoms with Gasteiger partial charge in [0, 0.05) is 24.7 Å². The number of rotatable bonds is 7. The summed E-state index contributed by atoms with van der Waals surface area (Å²) >= 11 is 0. The molecule has 0 heterocycles. The van der Waals surface area contributed by atoms with Gasteiger partial charge >= 0.3 is 0 Å². The first-order valence-corrected chi connectivity index (χ1v) is 8.62. The molecule has 0 saturated carbocycles. The summed E-state index contributed by atoms with van der Waals surface area (Å²) in [5.74, 6) is -1.23. The van der Waals surface area contributed by atoms with Gasteiger partial charge in [-0.05, 0) is 49.0 Å². The molecule has 26 heavy (non-hydrogen) atoms. The Kier molecular flexibility index (Phi) is 6.86. The average molecular weight is 357 g/mol. The Balaban J connectivity index is 2.06. The smallest absolute Gasteiger partial charge is 0.255 e. The van der Waals surface area contributed by atoms with E-state index >= 15 is 0 Å². The molecule has 0 aromatic heterocycles. The van der Waals surface area contributed by atoms with Crippen LogP contribution in [0.25, 0.3) is 0 Å². The van der Waals surface area contributed by atoms with E-state index < -0.39 is 5.82 Å². The highest BCUT2D eigenvalue weighted by atomic mass is 19.1. The van der Waals surface area contributed by atoms with E-state index in [4.69, 9.17) is 0 Å². The Hall–Kier alpha value is -2.73. The van der Waals surface area contributed by atoms with E-state index in [0.29, 0.717) is 11.3 Å². The van der Waals surface area contributed by atoms with Gasteiger partial charge in [-0.1, -0.05) is 26.0 Å². The van der Waals surface area contributed by atoms with Crippen LogP contribution in [0.4, 0.5) is 15.8 Å². The molecule has 2 aromatic rings. The van der Waals surface area contributed by atoms with Crippen molar-refractivity contribution >= 4 is 23.2 Å². The van der Waals surface area contributed by atoms with Crippen LogP contribution < -0.4 is 10.6 Å². The highest BCUT2D eigenvalue weighted by Crippen LogP contribution is 2.20. The standard InChI is InChI=1S/C20H24FN3O2/c1-4-24(5-2)13-15-6-8-16(9-7-15)20(26)23-17-10-11-18(21)19(12-17)22-14(3)25/h6-12H,4-5,13H2,1-3H3,(H,22,25)(H,23,26). The summed E-state index contributed by atoms with van der Waals surface area (Å²) in [4.78, 5) is 25.8. The molecule has 0 spiro atoms. The molecule has 0 aliphatic rings. The Morgan fingerprint density at radius 1 is 1.00 bits per heavy atom. The number of benzene rings is 2. The summed E-state index contributed by atoms with van der Waals surface area (Å²) in [5, 5.41) is 5.11. The first-order chi connectivity index (χ1) is 12.4. The third-order valence-corrected chi connectivity index (χ3v) is 4.05. The third-order valence-electron chi connectivity index (χ3n) is 4.05. The Morgan fingerprint density at radius 3 is 2.23 bits per heavy atom. The molecule has 2 N–H and O–H groups in total. The normalized spacial score (nSPS) is 10.7. The molecule has 2 aromatic carbocycles. The molecule has 0 aliphatic carbocycles. The predicted octanol–water partition coefficient (Wildman–Crippen LogP) is 3.88. The zero-order valence-corrected chi connectivity index (χ0v) is 15.3. The minimum absolute atomic E-state index is 0.0323. The van der Waals surface area contributed by atoms with Gasteiger partial charge < -0.3 is 10.6 Å². The molecule has 2 amide bonds. The summed E-state index contributed by atoms with van der Waals surface area (Å²) < 4.78 is 13.7. The molecule has 0 saturated heterocycles. The van der Waals surface area contributed by atoms with E-state index in [0.717, 1.165) is 25.2 Å². The fraction of sp³-hybridized carbons (Fsp3) is 0.300. The van der Waals surface area contributed by atoms with Crippen LogP contribution in [-0.2, 0) is 11.3 Å². The summed E-state index contributed by atoms with van der Waals surface area (Å²) in [6.07, 6.45) is 0. The van der Waals surface area contributed by atoms with E-state index in [1.807, 2.05) is 12.1 Å². The van der Waals surface area contributed by atoms with E-state index in [1.165, 1.54) is 25.1 Å². The van der Waals surface area contributed by atoms with Crippen molar-refractivity contribution in [3.8, 4) is 0 Å². The van der Waals surface area contributed by atoms with Crippen molar-refractivity contribution in [1.29, 1.82) is 0 Å². The minimum Gasteiger partial charge on any atom is -0.324 e. The molecule has 138 valence electrons. The number of nitrogens with zero attached hydrogens (tertiary/aromatic N) is 1. The van der Waals surface area contributed by atoms with Crippen LogP contribution in [0.1, 0.15) is 36.7 Å². The number of amides is 2. The van der Waals surface area contributed by atoms with Gasteiger partial charge in [-0.15, -0.1) is 0 Å². The van der Waals surface area contributed by atoms with Crippen molar-refractivity contribution in [1.82, 2.24) is 4.90 Å². The molecule has 0 aliphatic heterocycles. The molecule has 6 heteroatoms. The average Bonchev–Trinajstić information content (AvgIpc) is 2.62. The van der Waals surface area contributed by atoms with Crippen molar-refractivity contribution in [3.63, 3.8) is 0 Å². The van der Waals surface area contributed by atoms with Gasteiger partial charge in [-0.3, -0.25) is 14.5 Å². The first kappa shape index (κ1) is 19.6. The molecule has 0 bridgehead atoms. The van der Waals surface area contributed by atoms with Gasteiger partial charge in [0.25, 0.3) is 5.91 Å². The van der Waals surface area contributed by atoms with Gasteiger partial charge in [0.05, 0.1) is 5.69 Å². The lowest BCUT2D eigenvalue weighted by Gasteiger charge is -2.18. The van der Waals surface area contributed by atoms with E-state index in [-0.39, 0.29) is 17.5 Å². The number of halogens is 1. The Bertz CT molecular complexity index is 771. The molecular formula is C20H24FN3O2. The van der Waals surface area contributed by atoms with Crippen molar-refractivity contribution in [2.75, 3.05) is 23.7 Å². The minimum atomic E-state index is -0.557. The zero-order valence-electron chi connectivity index (χ0n) is 15.3. The van der Waals surface area contributed by atoms with Crippen molar-refractivity contribution < 1.29 is 14.0 Å². The quantitative estimate of drug-likeness (QED) is 0.790. The SMILES string of the molecule is CCN(CC)Cc1ccc(C(=O)Nc2ccc(F)c(NC(C)=O)c2)cc1. The molecular weight excluding hydrogens is 333 g/mol. The van der Waals surface area contributed by atoms with Crippen LogP contribution in [0.5, 0.6) is 0 Å². The lowest BCUT2D eigenvalue weighted by molar-refractivity contribution is -0.114. The number of hydrogen-bond donors (Lipinski definition) is 2. The molecule has 0 radical (unpaired) electrons. The van der Waals surface area contributed by atoms with Gasteiger partial charge in [0.1, 0.15) is 5.82 Å². The fourth-order valence-corrected chi connectivity index (χ4v) is 2.56. The van der Waals surface area contributed by atoms with Gasteiger partial charge in [0.15, 0.2) is 0 Å². The van der Waals surface area contributed by atoms with Crippen LogP contribution in [0.2, 0.25) is 0 Å². The number of carbonyl (C=O) groups excluding carboxylic acids is 2. The monoisotopic (exact) mass is 357 g/mol. The summed E-state index contributed by atoms with van der Waals surface area (Å²) in [5.41, 5.74) is 2.09. The highest BCUT2D eigenvalue weighted by Gasteiger charge is 2.10. The van der Waals surface area contributed by atoms with E-state index in [2.05, 4.69) is 29.4 Å². The largest absolute Gasteiger partial charge is 0.324 e. The lowest BCUT2D eigenvalue weighted by atomic mass is 10.1. The Labute approximate surface area is 153 Å². The third kappa shape index (κ3) is 5.39. The number of nitrogens with one attached hydrogen (secondary N) is 2. The van der Waals surface area contributed by atoms with Crippen LogP contribution in [-0.4, -0.2) is 29.8 Å². The summed E-state index contributed by atoms with van der Waals surface area (Å²) in [6.45, 7) is 8.31. The summed E-state index contributed by atoms with van der Waals surface area (Å²) in [7, 11) is 0. The van der Waals surface area contributed by atoms with E-state index in [9.17, 15) is 14.0 Å². The summed E-state index contributed by atoms with van der Waals surface area (Å²) in [6, 6.07) is 11.4. The van der Waals surface area contributed by atoms with Gasteiger partial charge in [0.2, 0.25) is 5.91 Å². The molecule has 0 fully saturated rings. The highest BCUT2D eigenvalue weighted by molar-refractivity contribution is 6.04. The van der Waals surface area contributed by atoms with Crippen molar-refractivity contribution in [2.45, 2.75) is 27.3 Å². The number of hydrogen-bond acceptors (Lipinski definition) is 3. The van der Waals surface area contributed by atoms with E-state index in [1.54, 1.807) is 12.1 Å². The molecule has 0 unspecified atom stereocenters. The lowest BCUT2D eigenvalue weighted by Crippen LogP contribution is -2.22. The molecule has 2 rings (SSSR count). The van der Waals surface area contributed by atoms with Crippen LogP contribution >= 0.6 is 0 Å². The maximum absolute atomic E-state index is 13.7. The van der Waals surface area contributed by atoms with Gasteiger partial charge in [-0.2, -0.15) is 0 Å². The topological polar surface area (TPSA) is 61.4 Å². The van der Waals surface area contributed by atoms with Gasteiger partial charge in [-0.25, -0.2) is 4.39 Å². The second kappa shape index (κ2) is 9.10. The van der Waals surface area contributed by atoms with Crippen LogP contribution in [0.3, 0.4) is 0 Å². The zero-order chi connectivity index (χ0) is 19.1. The molecule has 0 atom stereocenters. The second-order valence-corrected chi connectivity index (χ2v) is 5.99. The Morgan fingerprint density at radius 2 is 1.65 bits per heavy atom. The van der Waals surface area contributed by atoms with Crippen molar-refractivity contribution in [2.24, 2.45) is 0 Å². The number of anilines is 2. The maximum atomic E-state index is 13.7.